The van der Waals surface area contributed by atoms with Crippen LogP contribution in [0.4, 0.5) is 8.78 Å². The summed E-state index contributed by atoms with van der Waals surface area (Å²) < 4.78 is 51.0. The molecule has 0 radical (unpaired) electrons. The zero-order valence-electron chi connectivity index (χ0n) is 16.3. The SMILES string of the molecule is C[C@@H]1NC(c2cccc(S(C)(=O)=O)c2)=NC1(c1ccc(F)cc1)c1ccc(F)nc1. The van der Waals surface area contributed by atoms with Gasteiger partial charge in [0.15, 0.2) is 9.84 Å². The molecule has 2 aromatic carbocycles. The summed E-state index contributed by atoms with van der Waals surface area (Å²) in [5, 5.41) is 3.31. The van der Waals surface area contributed by atoms with Crippen molar-refractivity contribution in [2.24, 2.45) is 4.99 Å². The lowest BCUT2D eigenvalue weighted by atomic mass is 9.79. The molecular weight excluding hydrogens is 408 g/mol. The number of hydrogen-bond donors (Lipinski definition) is 1. The average Bonchev–Trinajstić information content (AvgIpc) is 3.07. The molecule has 0 spiro atoms. The van der Waals surface area contributed by atoms with Crippen LogP contribution >= 0.6 is 0 Å². The number of rotatable bonds is 4. The summed E-state index contributed by atoms with van der Waals surface area (Å²) in [6, 6.07) is 15.0. The van der Waals surface area contributed by atoms with Gasteiger partial charge in [0.25, 0.3) is 0 Å². The topological polar surface area (TPSA) is 71.4 Å². The average molecular weight is 427 g/mol. The normalized spacial score (nSPS) is 21.2. The highest BCUT2D eigenvalue weighted by Crippen LogP contribution is 2.40. The van der Waals surface area contributed by atoms with Crippen LogP contribution in [0, 0.1) is 11.8 Å². The molecule has 1 aromatic heterocycles. The summed E-state index contributed by atoms with van der Waals surface area (Å²) in [6.07, 6.45) is 2.56. The van der Waals surface area contributed by atoms with Gasteiger partial charge in [-0.15, -0.1) is 0 Å². The third kappa shape index (κ3) is 3.47. The van der Waals surface area contributed by atoms with E-state index in [1.54, 1.807) is 36.4 Å². The quantitative estimate of drug-likeness (QED) is 0.648. The number of hydrogen-bond acceptors (Lipinski definition) is 5. The van der Waals surface area contributed by atoms with E-state index in [9.17, 15) is 17.2 Å². The van der Waals surface area contributed by atoms with Gasteiger partial charge in [0.05, 0.1) is 10.9 Å². The van der Waals surface area contributed by atoms with Crippen LogP contribution in [0.25, 0.3) is 0 Å². The van der Waals surface area contributed by atoms with Crippen molar-refractivity contribution in [3.63, 3.8) is 0 Å². The molecule has 0 saturated carbocycles. The maximum atomic E-state index is 13.6. The van der Waals surface area contributed by atoms with Gasteiger partial charge < -0.3 is 5.32 Å². The monoisotopic (exact) mass is 427 g/mol. The zero-order valence-corrected chi connectivity index (χ0v) is 17.1. The van der Waals surface area contributed by atoms with Crippen molar-refractivity contribution in [1.29, 1.82) is 0 Å². The minimum Gasteiger partial charge on any atom is -0.364 e. The van der Waals surface area contributed by atoms with Gasteiger partial charge in [0.1, 0.15) is 17.2 Å². The van der Waals surface area contributed by atoms with E-state index in [0.29, 0.717) is 22.5 Å². The molecule has 0 saturated heterocycles. The van der Waals surface area contributed by atoms with E-state index >= 15 is 0 Å². The van der Waals surface area contributed by atoms with Crippen LogP contribution in [-0.4, -0.2) is 31.5 Å². The van der Waals surface area contributed by atoms with Gasteiger partial charge >= 0.3 is 0 Å². The van der Waals surface area contributed by atoms with Crippen LogP contribution in [0.5, 0.6) is 0 Å². The molecule has 0 bridgehead atoms. The largest absolute Gasteiger partial charge is 0.364 e. The first-order valence-corrected chi connectivity index (χ1v) is 11.1. The van der Waals surface area contributed by atoms with Gasteiger partial charge in [0, 0.05) is 23.6 Å². The Morgan fingerprint density at radius 2 is 1.70 bits per heavy atom. The first-order chi connectivity index (χ1) is 14.2. The lowest BCUT2D eigenvalue weighted by molar-refractivity contribution is 0.449. The van der Waals surface area contributed by atoms with Crippen LogP contribution in [0.1, 0.15) is 23.6 Å². The molecule has 154 valence electrons. The molecule has 0 amide bonds. The third-order valence-corrected chi connectivity index (χ3v) is 6.37. The number of sulfone groups is 1. The summed E-state index contributed by atoms with van der Waals surface area (Å²) in [5.41, 5.74) is 0.936. The number of nitrogens with zero attached hydrogens (tertiary/aromatic N) is 2. The van der Waals surface area contributed by atoms with Crippen molar-refractivity contribution in [3.05, 3.63) is 95.3 Å². The Kier molecular flexibility index (Phi) is 4.89. The fraction of sp³-hybridized carbons (Fsp3) is 0.182. The summed E-state index contributed by atoms with van der Waals surface area (Å²) >= 11 is 0. The number of pyridine rings is 1. The van der Waals surface area contributed by atoms with E-state index in [0.717, 1.165) is 6.26 Å². The predicted molar refractivity (Wildman–Crippen MR) is 110 cm³/mol. The smallest absolute Gasteiger partial charge is 0.212 e. The summed E-state index contributed by atoms with van der Waals surface area (Å²) in [4.78, 5) is 8.87. The lowest BCUT2D eigenvalue weighted by Crippen LogP contribution is -2.41. The van der Waals surface area contributed by atoms with Gasteiger partial charge in [0.2, 0.25) is 5.95 Å². The molecule has 1 aliphatic heterocycles. The van der Waals surface area contributed by atoms with Crippen molar-refractivity contribution < 1.29 is 17.2 Å². The molecule has 30 heavy (non-hydrogen) atoms. The first-order valence-electron chi connectivity index (χ1n) is 9.25. The molecule has 0 aliphatic carbocycles. The number of amidine groups is 1. The number of aromatic nitrogens is 1. The van der Waals surface area contributed by atoms with Gasteiger partial charge in [-0.2, -0.15) is 4.39 Å². The maximum absolute atomic E-state index is 13.6. The Balaban J connectivity index is 1.91. The molecule has 1 unspecified atom stereocenters. The van der Waals surface area contributed by atoms with Gasteiger partial charge in [-0.05, 0) is 42.8 Å². The Labute approximate surface area is 173 Å². The molecule has 2 heterocycles. The van der Waals surface area contributed by atoms with Crippen molar-refractivity contribution in [2.45, 2.75) is 23.4 Å². The Morgan fingerprint density at radius 1 is 1.00 bits per heavy atom. The number of aliphatic imine (C=N–C) groups is 1. The minimum absolute atomic E-state index is 0.180. The van der Waals surface area contributed by atoms with E-state index in [1.807, 2.05) is 6.92 Å². The highest BCUT2D eigenvalue weighted by Gasteiger charge is 2.45. The van der Waals surface area contributed by atoms with Crippen LogP contribution in [-0.2, 0) is 15.4 Å². The highest BCUT2D eigenvalue weighted by molar-refractivity contribution is 7.90. The Bertz CT molecular complexity index is 1180. The second kappa shape index (κ2) is 7.28. The van der Waals surface area contributed by atoms with Crippen molar-refractivity contribution >= 4 is 15.7 Å². The fourth-order valence-electron chi connectivity index (χ4n) is 3.74. The van der Waals surface area contributed by atoms with E-state index in [1.165, 1.54) is 30.5 Å². The molecule has 2 atom stereocenters. The molecular formula is C22H19F2N3O2S. The fourth-order valence-corrected chi connectivity index (χ4v) is 4.40. The van der Waals surface area contributed by atoms with E-state index < -0.39 is 21.3 Å². The molecule has 1 N–H and O–H groups in total. The van der Waals surface area contributed by atoms with Crippen LogP contribution in [0.2, 0.25) is 0 Å². The van der Waals surface area contributed by atoms with Crippen LogP contribution in [0.15, 0.2) is 76.7 Å². The second-order valence-electron chi connectivity index (χ2n) is 7.27. The Hall–Kier alpha value is -3.13. The maximum Gasteiger partial charge on any atom is 0.212 e. The summed E-state index contributed by atoms with van der Waals surface area (Å²) in [7, 11) is -3.39. The highest BCUT2D eigenvalue weighted by atomic mass is 32.2. The molecule has 4 rings (SSSR count). The Morgan fingerprint density at radius 3 is 2.33 bits per heavy atom. The van der Waals surface area contributed by atoms with Crippen molar-refractivity contribution in [1.82, 2.24) is 10.3 Å². The number of nitrogens with one attached hydrogen (secondary N) is 1. The molecule has 5 nitrogen and oxygen atoms in total. The van der Waals surface area contributed by atoms with E-state index in [2.05, 4.69) is 10.3 Å². The first kappa shape index (κ1) is 20.2. The number of benzene rings is 2. The lowest BCUT2D eigenvalue weighted by Gasteiger charge is -2.31. The standard InChI is InChI=1S/C22H19F2N3O2S/c1-14-22(16-6-9-18(23)10-7-16,17-8-11-20(24)25-13-17)27-21(26-14)15-4-3-5-19(12-15)30(2,28)29/h3-14H,1-2H3,(H,26,27)/t14-,22?/m0/s1. The molecule has 3 aromatic rings. The van der Waals surface area contributed by atoms with Gasteiger partial charge in [-0.3, -0.25) is 0 Å². The molecule has 0 fully saturated rings. The van der Waals surface area contributed by atoms with Crippen LogP contribution < -0.4 is 5.32 Å². The minimum atomic E-state index is -3.39. The van der Waals surface area contributed by atoms with E-state index in [-0.39, 0.29) is 16.8 Å². The predicted octanol–water partition coefficient (Wildman–Crippen LogP) is 3.45. The molecule has 1 aliphatic rings. The zero-order chi connectivity index (χ0) is 21.5. The van der Waals surface area contributed by atoms with Crippen molar-refractivity contribution in [3.8, 4) is 0 Å². The molecule has 8 heteroatoms. The number of halogens is 2. The van der Waals surface area contributed by atoms with Crippen LogP contribution in [0.3, 0.4) is 0 Å². The second-order valence-corrected chi connectivity index (χ2v) is 9.29. The summed E-state index contributed by atoms with van der Waals surface area (Å²) in [5.74, 6) is -0.506. The van der Waals surface area contributed by atoms with Crippen molar-refractivity contribution in [2.75, 3.05) is 6.26 Å². The van der Waals surface area contributed by atoms with Gasteiger partial charge in [-0.1, -0.05) is 30.3 Å². The third-order valence-electron chi connectivity index (χ3n) is 5.26. The van der Waals surface area contributed by atoms with Gasteiger partial charge in [-0.25, -0.2) is 22.8 Å². The van der Waals surface area contributed by atoms with E-state index in [4.69, 9.17) is 4.99 Å². The summed E-state index contributed by atoms with van der Waals surface area (Å²) in [6.45, 7) is 1.91.